The summed E-state index contributed by atoms with van der Waals surface area (Å²) in [5, 5.41) is 4.06. The Hall–Kier alpha value is -2.90. The molecule has 0 fully saturated rings. The lowest BCUT2D eigenvalue weighted by Crippen LogP contribution is -2.38. The van der Waals surface area contributed by atoms with Gasteiger partial charge in [-0.2, -0.15) is 13.2 Å². The first-order chi connectivity index (χ1) is 14.9. The highest BCUT2D eigenvalue weighted by atomic mass is 19.4. The number of carbonyl (C=O) groups is 1. The molecule has 1 amide bonds. The second-order valence-electron chi connectivity index (χ2n) is 9.19. The molecule has 32 heavy (non-hydrogen) atoms. The number of oxime groups is 1. The van der Waals surface area contributed by atoms with E-state index in [1.165, 1.54) is 23.1 Å². The first kappa shape index (κ1) is 23.8. The van der Waals surface area contributed by atoms with Gasteiger partial charge in [-0.1, -0.05) is 50.2 Å². The van der Waals surface area contributed by atoms with Gasteiger partial charge in [-0.05, 0) is 40.8 Å². The Balaban J connectivity index is 1.74. The van der Waals surface area contributed by atoms with E-state index >= 15 is 0 Å². The molecule has 0 saturated heterocycles. The number of benzene rings is 2. The van der Waals surface area contributed by atoms with E-state index < -0.39 is 17.8 Å². The zero-order valence-corrected chi connectivity index (χ0v) is 18.2. The molecule has 0 N–H and O–H groups in total. The van der Waals surface area contributed by atoms with Crippen LogP contribution in [0.1, 0.15) is 50.3 Å². The molecule has 0 aliphatic carbocycles. The van der Waals surface area contributed by atoms with E-state index in [4.69, 9.17) is 4.84 Å². The Morgan fingerprint density at radius 1 is 1.12 bits per heavy atom. The van der Waals surface area contributed by atoms with Gasteiger partial charge in [-0.25, -0.2) is 4.39 Å². The Bertz CT molecular complexity index is 979. The maximum Gasteiger partial charge on any atom is 0.416 e. The molecule has 3 rings (SSSR count). The Morgan fingerprint density at radius 3 is 2.44 bits per heavy atom. The molecule has 0 saturated carbocycles. The van der Waals surface area contributed by atoms with Crippen LogP contribution in [0.3, 0.4) is 0 Å². The third kappa shape index (κ3) is 6.55. The minimum atomic E-state index is -4.46. The minimum Gasteiger partial charge on any atom is -0.390 e. The lowest BCUT2D eigenvalue weighted by atomic mass is 9.91. The van der Waals surface area contributed by atoms with Crippen LogP contribution in [0.4, 0.5) is 17.6 Å². The zero-order valence-electron chi connectivity index (χ0n) is 18.2. The summed E-state index contributed by atoms with van der Waals surface area (Å²) in [4.78, 5) is 20.0. The smallest absolute Gasteiger partial charge is 0.390 e. The average Bonchev–Trinajstić information content (AvgIpc) is 3.15. The Labute approximate surface area is 184 Å². The van der Waals surface area contributed by atoms with E-state index in [2.05, 4.69) is 5.16 Å². The molecular formula is C24H26F4N2O2. The Morgan fingerprint density at radius 2 is 1.81 bits per heavy atom. The van der Waals surface area contributed by atoms with Crippen LogP contribution in [0.25, 0.3) is 0 Å². The van der Waals surface area contributed by atoms with Gasteiger partial charge in [0, 0.05) is 19.4 Å². The van der Waals surface area contributed by atoms with E-state index in [9.17, 15) is 22.4 Å². The predicted octanol–water partition coefficient (Wildman–Crippen LogP) is 5.80. The molecule has 0 spiro atoms. The molecular weight excluding hydrogens is 424 g/mol. The summed E-state index contributed by atoms with van der Waals surface area (Å²) in [5.74, 6) is -0.529. The molecule has 1 aliphatic heterocycles. The van der Waals surface area contributed by atoms with Crippen molar-refractivity contribution in [2.45, 2.75) is 52.4 Å². The molecule has 1 aliphatic rings. The number of nitrogens with zero attached hydrogens (tertiary/aromatic N) is 2. The number of hydrogen-bond acceptors (Lipinski definition) is 3. The molecule has 0 radical (unpaired) electrons. The number of hydrogen-bond donors (Lipinski definition) is 0. The van der Waals surface area contributed by atoms with Crippen LogP contribution in [-0.4, -0.2) is 29.2 Å². The van der Waals surface area contributed by atoms with Crippen molar-refractivity contribution in [3.05, 3.63) is 71.0 Å². The first-order valence-electron chi connectivity index (χ1n) is 10.3. The molecule has 2 aromatic carbocycles. The van der Waals surface area contributed by atoms with Crippen molar-refractivity contribution in [2.24, 2.45) is 10.6 Å². The SMILES string of the molecule is CC(C)(C)CC(=O)N(Cc1cccc(C(F)(F)F)c1)C[C@H]1CC(c2ccc(F)cc2)=NO1. The fourth-order valence-corrected chi connectivity index (χ4v) is 3.47. The summed E-state index contributed by atoms with van der Waals surface area (Å²) in [6, 6.07) is 10.8. The summed E-state index contributed by atoms with van der Waals surface area (Å²) in [7, 11) is 0. The molecule has 4 nitrogen and oxygen atoms in total. The molecule has 8 heteroatoms. The Kier molecular flexibility index (Phi) is 6.91. The van der Waals surface area contributed by atoms with Crippen molar-refractivity contribution in [2.75, 3.05) is 6.54 Å². The van der Waals surface area contributed by atoms with E-state index in [1.807, 2.05) is 20.8 Å². The lowest BCUT2D eigenvalue weighted by molar-refractivity contribution is -0.137. The molecule has 172 valence electrons. The maximum absolute atomic E-state index is 13.2. The van der Waals surface area contributed by atoms with E-state index in [0.29, 0.717) is 17.7 Å². The summed E-state index contributed by atoms with van der Waals surface area (Å²) in [5.41, 5.74) is 0.712. The van der Waals surface area contributed by atoms with Crippen LogP contribution in [0.5, 0.6) is 0 Å². The van der Waals surface area contributed by atoms with E-state index in [1.54, 1.807) is 18.2 Å². The average molecular weight is 450 g/mol. The molecule has 0 unspecified atom stereocenters. The molecule has 1 atom stereocenters. The highest BCUT2D eigenvalue weighted by Gasteiger charge is 2.32. The normalized spacial score (nSPS) is 16.5. The van der Waals surface area contributed by atoms with Crippen LogP contribution in [-0.2, 0) is 22.4 Å². The van der Waals surface area contributed by atoms with Crippen molar-refractivity contribution < 1.29 is 27.2 Å². The number of halogens is 4. The second kappa shape index (κ2) is 9.30. The van der Waals surface area contributed by atoms with Gasteiger partial charge in [0.2, 0.25) is 5.91 Å². The minimum absolute atomic E-state index is 0.0323. The second-order valence-corrected chi connectivity index (χ2v) is 9.19. The highest BCUT2D eigenvalue weighted by molar-refractivity contribution is 6.01. The van der Waals surface area contributed by atoms with Crippen LogP contribution in [0.2, 0.25) is 0 Å². The van der Waals surface area contributed by atoms with Gasteiger partial charge in [-0.3, -0.25) is 4.79 Å². The number of amides is 1. The topological polar surface area (TPSA) is 41.9 Å². The van der Waals surface area contributed by atoms with Crippen LogP contribution in [0, 0.1) is 11.2 Å². The summed E-state index contributed by atoms with van der Waals surface area (Å²) >= 11 is 0. The predicted molar refractivity (Wildman–Crippen MR) is 113 cm³/mol. The monoisotopic (exact) mass is 450 g/mol. The zero-order chi connectivity index (χ0) is 23.5. The third-order valence-electron chi connectivity index (χ3n) is 5.00. The van der Waals surface area contributed by atoms with E-state index in [0.717, 1.165) is 17.7 Å². The van der Waals surface area contributed by atoms with Crippen molar-refractivity contribution >= 4 is 11.6 Å². The first-order valence-corrected chi connectivity index (χ1v) is 10.3. The summed E-state index contributed by atoms with van der Waals surface area (Å²) in [6.45, 7) is 5.99. The van der Waals surface area contributed by atoms with Gasteiger partial charge in [0.25, 0.3) is 0 Å². The number of alkyl halides is 3. The van der Waals surface area contributed by atoms with Crippen LogP contribution < -0.4 is 0 Å². The van der Waals surface area contributed by atoms with Gasteiger partial charge < -0.3 is 9.74 Å². The van der Waals surface area contributed by atoms with Crippen LogP contribution in [0.15, 0.2) is 53.7 Å². The fraction of sp³-hybridized carbons (Fsp3) is 0.417. The number of rotatable bonds is 6. The maximum atomic E-state index is 13.2. The third-order valence-corrected chi connectivity index (χ3v) is 5.00. The van der Waals surface area contributed by atoms with Gasteiger partial charge >= 0.3 is 6.18 Å². The van der Waals surface area contributed by atoms with Crippen molar-refractivity contribution in [3.63, 3.8) is 0 Å². The standard InChI is InChI=1S/C24H26F4N2O2/c1-23(2,3)13-22(31)30(14-16-5-4-6-18(11-16)24(26,27)28)15-20-12-21(29-32-20)17-7-9-19(25)10-8-17/h4-11,20H,12-15H2,1-3H3/t20-/m1/s1. The van der Waals surface area contributed by atoms with Gasteiger partial charge in [-0.15, -0.1) is 0 Å². The van der Waals surface area contributed by atoms with Crippen molar-refractivity contribution in [1.29, 1.82) is 0 Å². The van der Waals surface area contributed by atoms with E-state index in [-0.39, 0.29) is 36.6 Å². The highest BCUT2D eigenvalue weighted by Crippen LogP contribution is 2.30. The van der Waals surface area contributed by atoms with Gasteiger partial charge in [0.05, 0.1) is 17.8 Å². The van der Waals surface area contributed by atoms with Gasteiger partial charge in [0.15, 0.2) is 6.10 Å². The van der Waals surface area contributed by atoms with Crippen molar-refractivity contribution in [3.8, 4) is 0 Å². The molecule has 1 heterocycles. The summed E-state index contributed by atoms with van der Waals surface area (Å²) < 4.78 is 52.5. The largest absolute Gasteiger partial charge is 0.416 e. The molecule has 2 aromatic rings. The fourth-order valence-electron chi connectivity index (χ4n) is 3.47. The van der Waals surface area contributed by atoms with Gasteiger partial charge in [0.1, 0.15) is 5.82 Å². The van der Waals surface area contributed by atoms with Crippen LogP contribution >= 0.6 is 0 Å². The summed E-state index contributed by atoms with van der Waals surface area (Å²) in [6.07, 6.45) is -4.24. The molecule has 0 aromatic heterocycles. The quantitative estimate of drug-likeness (QED) is 0.522. The molecule has 0 bridgehead atoms. The number of carbonyl (C=O) groups excluding carboxylic acids is 1. The lowest BCUT2D eigenvalue weighted by Gasteiger charge is -2.28. The van der Waals surface area contributed by atoms with Crippen molar-refractivity contribution in [1.82, 2.24) is 4.90 Å².